The second kappa shape index (κ2) is 9.04. The first-order chi connectivity index (χ1) is 14.3. The highest BCUT2D eigenvalue weighted by molar-refractivity contribution is 6.00. The van der Waals surface area contributed by atoms with Gasteiger partial charge in [0.1, 0.15) is 5.75 Å². The highest BCUT2D eigenvalue weighted by Crippen LogP contribution is 2.37. The first kappa shape index (κ1) is 21.4. The Morgan fingerprint density at radius 1 is 0.900 bits per heavy atom. The van der Waals surface area contributed by atoms with Gasteiger partial charge in [0.25, 0.3) is 0 Å². The second-order valence-electron chi connectivity index (χ2n) is 8.48. The average molecular weight is 403 g/mol. The third kappa shape index (κ3) is 5.41. The average Bonchev–Trinajstić information content (AvgIpc) is 2.70. The number of amides is 2. The van der Waals surface area contributed by atoms with Gasteiger partial charge in [-0.2, -0.15) is 0 Å². The second-order valence-corrected chi connectivity index (χ2v) is 8.48. The minimum atomic E-state index is -0.305. The first-order valence-corrected chi connectivity index (χ1v) is 10.3. The minimum Gasteiger partial charge on any atom is -0.455 e. The van der Waals surface area contributed by atoms with E-state index < -0.39 is 0 Å². The van der Waals surface area contributed by atoms with Gasteiger partial charge in [0.2, 0.25) is 0 Å². The zero-order valence-corrected chi connectivity index (χ0v) is 18.4. The van der Waals surface area contributed by atoms with Crippen LogP contribution in [0, 0.1) is 6.92 Å². The van der Waals surface area contributed by atoms with Crippen LogP contribution in [-0.2, 0) is 11.8 Å². The van der Waals surface area contributed by atoms with E-state index in [4.69, 9.17) is 4.74 Å². The van der Waals surface area contributed by atoms with Gasteiger partial charge in [0.05, 0.1) is 5.69 Å². The Labute approximate surface area is 179 Å². The molecule has 2 amide bonds. The highest BCUT2D eigenvalue weighted by atomic mass is 16.5. The summed E-state index contributed by atoms with van der Waals surface area (Å²) in [6.45, 7) is 10.6. The molecule has 3 aromatic rings. The number of rotatable bonds is 5. The van der Waals surface area contributed by atoms with E-state index in [1.165, 1.54) is 0 Å². The largest absolute Gasteiger partial charge is 0.455 e. The van der Waals surface area contributed by atoms with Crippen molar-refractivity contribution in [3.63, 3.8) is 0 Å². The summed E-state index contributed by atoms with van der Waals surface area (Å²) in [6, 6.07) is 21.3. The summed E-state index contributed by atoms with van der Waals surface area (Å²) >= 11 is 0. The van der Waals surface area contributed by atoms with Crippen LogP contribution in [0.1, 0.15) is 44.4 Å². The molecule has 0 atom stereocenters. The fraction of sp³-hybridized carbons (Fsp3) is 0.269. The van der Waals surface area contributed by atoms with E-state index in [-0.39, 0.29) is 11.4 Å². The molecule has 0 heterocycles. The van der Waals surface area contributed by atoms with Gasteiger partial charge >= 0.3 is 6.03 Å². The third-order valence-corrected chi connectivity index (χ3v) is 4.92. The smallest absolute Gasteiger partial charge is 0.323 e. The molecular weight excluding hydrogens is 372 g/mol. The molecule has 0 bridgehead atoms. The Morgan fingerprint density at radius 2 is 1.60 bits per heavy atom. The molecule has 30 heavy (non-hydrogen) atoms. The summed E-state index contributed by atoms with van der Waals surface area (Å²) in [5, 5.41) is 5.83. The van der Waals surface area contributed by atoms with Gasteiger partial charge in [-0.3, -0.25) is 0 Å². The highest BCUT2D eigenvalue weighted by Gasteiger charge is 2.20. The van der Waals surface area contributed by atoms with Crippen molar-refractivity contribution in [3.05, 3.63) is 83.4 Å². The molecule has 0 aliphatic rings. The molecule has 156 valence electrons. The SMILES string of the molecule is CCc1ccc(Oc2ccccc2C(C)(C)C)c(NC(=O)Nc2ccc(C)cc2)c1. The number of aryl methyl sites for hydroxylation is 2. The van der Waals surface area contributed by atoms with Crippen LogP contribution in [-0.4, -0.2) is 6.03 Å². The molecule has 0 aliphatic carbocycles. The Kier molecular flexibility index (Phi) is 6.46. The van der Waals surface area contributed by atoms with Gasteiger partial charge in [-0.15, -0.1) is 0 Å². The molecule has 3 aromatic carbocycles. The summed E-state index contributed by atoms with van der Waals surface area (Å²) in [5.74, 6) is 1.40. The maximum atomic E-state index is 12.6. The maximum absolute atomic E-state index is 12.6. The Hall–Kier alpha value is -3.27. The predicted molar refractivity (Wildman–Crippen MR) is 125 cm³/mol. The summed E-state index contributed by atoms with van der Waals surface area (Å²) in [4.78, 5) is 12.6. The fourth-order valence-corrected chi connectivity index (χ4v) is 3.20. The number of hydrogen-bond acceptors (Lipinski definition) is 2. The molecule has 0 radical (unpaired) electrons. The Morgan fingerprint density at radius 3 is 2.27 bits per heavy atom. The van der Waals surface area contributed by atoms with Crippen molar-refractivity contribution >= 4 is 17.4 Å². The van der Waals surface area contributed by atoms with E-state index >= 15 is 0 Å². The summed E-state index contributed by atoms with van der Waals surface area (Å²) in [7, 11) is 0. The number of carbonyl (C=O) groups excluding carboxylic acids is 1. The van der Waals surface area contributed by atoms with Crippen molar-refractivity contribution in [1.82, 2.24) is 0 Å². The molecule has 2 N–H and O–H groups in total. The van der Waals surface area contributed by atoms with Crippen molar-refractivity contribution < 1.29 is 9.53 Å². The van der Waals surface area contributed by atoms with Gasteiger partial charge in [-0.05, 0) is 54.7 Å². The Balaban J connectivity index is 1.86. The lowest BCUT2D eigenvalue weighted by atomic mass is 9.86. The molecule has 3 rings (SSSR count). The van der Waals surface area contributed by atoms with E-state index in [1.54, 1.807) is 0 Å². The number of para-hydroxylation sites is 1. The molecule has 4 nitrogen and oxygen atoms in total. The summed E-state index contributed by atoms with van der Waals surface area (Å²) in [6.07, 6.45) is 0.868. The zero-order chi connectivity index (χ0) is 21.7. The van der Waals surface area contributed by atoms with Gasteiger partial charge in [0.15, 0.2) is 5.75 Å². The van der Waals surface area contributed by atoms with Crippen LogP contribution in [0.25, 0.3) is 0 Å². The number of ether oxygens (including phenoxy) is 1. The molecule has 0 saturated heterocycles. The number of nitrogens with one attached hydrogen (secondary N) is 2. The third-order valence-electron chi connectivity index (χ3n) is 4.92. The van der Waals surface area contributed by atoms with E-state index in [1.807, 2.05) is 67.6 Å². The van der Waals surface area contributed by atoms with E-state index in [0.29, 0.717) is 11.4 Å². The number of carbonyl (C=O) groups is 1. The normalized spacial score (nSPS) is 11.1. The zero-order valence-electron chi connectivity index (χ0n) is 18.4. The number of benzene rings is 3. The van der Waals surface area contributed by atoms with Crippen LogP contribution in [0.2, 0.25) is 0 Å². The summed E-state index contributed by atoms with van der Waals surface area (Å²) in [5.41, 5.74) is 4.70. The van der Waals surface area contributed by atoms with Crippen molar-refractivity contribution in [2.45, 2.75) is 46.5 Å². The Bertz CT molecular complexity index is 1020. The minimum absolute atomic E-state index is 0.0592. The van der Waals surface area contributed by atoms with Crippen LogP contribution in [0.5, 0.6) is 11.5 Å². The molecule has 0 aliphatic heterocycles. The standard InChI is InChI=1S/C26H30N2O2/c1-6-19-13-16-24(30-23-10-8-7-9-21(23)26(3,4)5)22(17-19)28-25(29)27-20-14-11-18(2)12-15-20/h7-17H,6H2,1-5H3,(H2,27,28,29). The lowest BCUT2D eigenvalue weighted by Crippen LogP contribution is -2.20. The van der Waals surface area contributed by atoms with Crippen molar-refractivity contribution in [1.29, 1.82) is 0 Å². The monoisotopic (exact) mass is 402 g/mol. The van der Waals surface area contributed by atoms with Gasteiger partial charge < -0.3 is 15.4 Å². The molecule has 0 fully saturated rings. The topological polar surface area (TPSA) is 50.4 Å². The molecule has 4 heteroatoms. The van der Waals surface area contributed by atoms with Crippen LogP contribution in [0.4, 0.5) is 16.2 Å². The molecule has 0 spiro atoms. The van der Waals surface area contributed by atoms with Crippen LogP contribution in [0.3, 0.4) is 0 Å². The fourth-order valence-electron chi connectivity index (χ4n) is 3.20. The number of anilines is 2. The molecule has 0 unspecified atom stereocenters. The summed E-state index contributed by atoms with van der Waals surface area (Å²) < 4.78 is 6.29. The van der Waals surface area contributed by atoms with E-state index in [9.17, 15) is 4.79 Å². The van der Waals surface area contributed by atoms with Gasteiger partial charge in [-0.25, -0.2) is 4.79 Å². The van der Waals surface area contributed by atoms with E-state index in [2.05, 4.69) is 44.4 Å². The van der Waals surface area contributed by atoms with Crippen molar-refractivity contribution in [2.24, 2.45) is 0 Å². The predicted octanol–water partition coefficient (Wildman–Crippen LogP) is 7.29. The number of urea groups is 1. The van der Waals surface area contributed by atoms with Crippen molar-refractivity contribution in [3.8, 4) is 11.5 Å². The van der Waals surface area contributed by atoms with Crippen LogP contribution >= 0.6 is 0 Å². The maximum Gasteiger partial charge on any atom is 0.323 e. The first-order valence-electron chi connectivity index (χ1n) is 10.3. The van der Waals surface area contributed by atoms with Crippen LogP contribution < -0.4 is 15.4 Å². The molecule has 0 saturated carbocycles. The van der Waals surface area contributed by atoms with Crippen LogP contribution in [0.15, 0.2) is 66.7 Å². The number of hydrogen-bond donors (Lipinski definition) is 2. The quantitative estimate of drug-likeness (QED) is 0.471. The lowest BCUT2D eigenvalue weighted by Gasteiger charge is -2.23. The molecule has 0 aromatic heterocycles. The van der Waals surface area contributed by atoms with Gasteiger partial charge in [-0.1, -0.05) is 69.7 Å². The lowest BCUT2D eigenvalue weighted by molar-refractivity contribution is 0.262. The van der Waals surface area contributed by atoms with Gasteiger partial charge in [0, 0.05) is 11.3 Å². The molecular formula is C26H30N2O2. The van der Waals surface area contributed by atoms with E-state index in [0.717, 1.165) is 34.5 Å². The van der Waals surface area contributed by atoms with Crippen molar-refractivity contribution in [2.75, 3.05) is 10.6 Å².